The van der Waals surface area contributed by atoms with Crippen LogP contribution in [0.2, 0.25) is 0 Å². The van der Waals surface area contributed by atoms with Gasteiger partial charge in [0.1, 0.15) is 11.6 Å². The van der Waals surface area contributed by atoms with Gasteiger partial charge in [0, 0.05) is 18.4 Å². The SMILES string of the molecule is COc1cccc(-c2c(NC(=O)C3CCCCC3)n(C)c3ccccc3c2=O)c1. The van der Waals surface area contributed by atoms with E-state index in [0.717, 1.165) is 36.8 Å². The minimum Gasteiger partial charge on any atom is -0.497 e. The number of hydrogen-bond donors (Lipinski definition) is 1. The van der Waals surface area contributed by atoms with Crippen molar-refractivity contribution in [1.82, 2.24) is 4.57 Å². The van der Waals surface area contributed by atoms with Crippen molar-refractivity contribution in [3.05, 3.63) is 58.8 Å². The Morgan fingerprint density at radius 2 is 1.83 bits per heavy atom. The Morgan fingerprint density at radius 1 is 1.07 bits per heavy atom. The molecule has 0 saturated heterocycles. The molecule has 0 atom stereocenters. The molecular formula is C24H26N2O3. The molecule has 0 unspecified atom stereocenters. The van der Waals surface area contributed by atoms with Crippen LogP contribution in [0.3, 0.4) is 0 Å². The van der Waals surface area contributed by atoms with E-state index in [0.29, 0.717) is 22.5 Å². The molecule has 1 amide bonds. The van der Waals surface area contributed by atoms with Gasteiger partial charge in [0.25, 0.3) is 0 Å². The highest BCUT2D eigenvalue weighted by Crippen LogP contribution is 2.32. The number of methoxy groups -OCH3 is 1. The second kappa shape index (κ2) is 8.11. The molecule has 0 spiro atoms. The number of rotatable bonds is 4. The zero-order valence-corrected chi connectivity index (χ0v) is 16.9. The smallest absolute Gasteiger partial charge is 0.228 e. The lowest BCUT2D eigenvalue weighted by Crippen LogP contribution is -2.28. The van der Waals surface area contributed by atoms with E-state index in [9.17, 15) is 9.59 Å². The Kier molecular flexibility index (Phi) is 5.38. The van der Waals surface area contributed by atoms with Crippen LogP contribution in [0.1, 0.15) is 32.1 Å². The summed E-state index contributed by atoms with van der Waals surface area (Å²) in [6.07, 6.45) is 5.16. The fraction of sp³-hybridized carbons (Fsp3) is 0.333. The first kappa shape index (κ1) is 19.2. The van der Waals surface area contributed by atoms with Gasteiger partial charge in [0.15, 0.2) is 5.43 Å². The van der Waals surface area contributed by atoms with E-state index in [1.165, 1.54) is 6.42 Å². The molecule has 4 rings (SSSR count). The molecule has 2 aromatic carbocycles. The molecule has 0 aliphatic heterocycles. The summed E-state index contributed by atoms with van der Waals surface area (Å²) in [4.78, 5) is 26.5. The lowest BCUT2D eigenvalue weighted by Gasteiger charge is -2.23. The van der Waals surface area contributed by atoms with Gasteiger partial charge in [-0.1, -0.05) is 43.5 Å². The number of amides is 1. The topological polar surface area (TPSA) is 60.3 Å². The second-order valence-electron chi connectivity index (χ2n) is 7.69. The zero-order valence-electron chi connectivity index (χ0n) is 16.9. The monoisotopic (exact) mass is 390 g/mol. The standard InChI is InChI=1S/C24H26N2O3/c1-26-20-14-7-6-13-19(20)22(27)21(17-11-8-12-18(15-17)29-2)23(26)25-24(28)16-9-4-3-5-10-16/h6-8,11-16H,3-5,9-10H2,1-2H3,(H,25,28). The third-order valence-corrected chi connectivity index (χ3v) is 5.89. The number of fused-ring (bicyclic) bond motifs is 1. The van der Waals surface area contributed by atoms with Crippen LogP contribution in [0.25, 0.3) is 22.0 Å². The summed E-state index contributed by atoms with van der Waals surface area (Å²) in [5.74, 6) is 1.21. The lowest BCUT2D eigenvalue weighted by atomic mass is 9.88. The van der Waals surface area contributed by atoms with Crippen molar-refractivity contribution in [1.29, 1.82) is 0 Å². The van der Waals surface area contributed by atoms with E-state index in [-0.39, 0.29) is 17.3 Å². The van der Waals surface area contributed by atoms with E-state index in [1.54, 1.807) is 7.11 Å². The number of ether oxygens (including phenoxy) is 1. The van der Waals surface area contributed by atoms with E-state index in [4.69, 9.17) is 4.74 Å². The third-order valence-electron chi connectivity index (χ3n) is 5.89. The molecule has 1 heterocycles. The summed E-state index contributed by atoms with van der Waals surface area (Å²) < 4.78 is 7.26. The van der Waals surface area contributed by atoms with Crippen LogP contribution >= 0.6 is 0 Å². The van der Waals surface area contributed by atoms with Crippen LogP contribution < -0.4 is 15.5 Å². The Labute approximate surface area is 170 Å². The maximum atomic E-state index is 13.5. The molecule has 3 aromatic rings. The Bertz CT molecular complexity index is 1110. The van der Waals surface area contributed by atoms with Crippen LogP contribution in [0.15, 0.2) is 53.3 Å². The number of aryl methyl sites for hydroxylation is 1. The van der Waals surface area contributed by atoms with Crippen LogP contribution in [0, 0.1) is 5.92 Å². The van der Waals surface area contributed by atoms with Crippen molar-refractivity contribution < 1.29 is 9.53 Å². The number of anilines is 1. The average molecular weight is 390 g/mol. The first-order chi connectivity index (χ1) is 14.1. The van der Waals surface area contributed by atoms with Crippen molar-refractivity contribution in [3.63, 3.8) is 0 Å². The molecular weight excluding hydrogens is 364 g/mol. The highest BCUT2D eigenvalue weighted by atomic mass is 16.5. The summed E-state index contributed by atoms with van der Waals surface area (Å²) in [5, 5.41) is 3.73. The average Bonchev–Trinajstić information content (AvgIpc) is 2.78. The quantitative estimate of drug-likeness (QED) is 0.700. The number of carbonyl (C=O) groups is 1. The predicted molar refractivity (Wildman–Crippen MR) is 116 cm³/mol. The van der Waals surface area contributed by atoms with Gasteiger partial charge in [0.2, 0.25) is 5.91 Å². The number of carbonyl (C=O) groups excluding carboxylic acids is 1. The molecule has 1 aliphatic rings. The number of pyridine rings is 1. The lowest BCUT2D eigenvalue weighted by molar-refractivity contribution is -0.120. The molecule has 1 fully saturated rings. The van der Waals surface area contributed by atoms with E-state index in [2.05, 4.69) is 5.32 Å². The van der Waals surface area contributed by atoms with Crippen LogP contribution in [-0.2, 0) is 11.8 Å². The predicted octanol–water partition coefficient (Wildman–Crippen LogP) is 4.73. The number of nitrogens with one attached hydrogen (secondary N) is 1. The summed E-state index contributed by atoms with van der Waals surface area (Å²) in [7, 11) is 3.49. The molecule has 1 N–H and O–H groups in total. The van der Waals surface area contributed by atoms with E-state index in [1.807, 2.05) is 60.1 Å². The van der Waals surface area contributed by atoms with Crippen LogP contribution in [0.4, 0.5) is 5.82 Å². The Balaban J connectivity index is 1.89. The van der Waals surface area contributed by atoms with Gasteiger partial charge in [-0.05, 0) is 42.7 Å². The molecule has 1 aromatic heterocycles. The van der Waals surface area contributed by atoms with Gasteiger partial charge in [-0.25, -0.2) is 0 Å². The number of hydrogen-bond acceptors (Lipinski definition) is 3. The van der Waals surface area contributed by atoms with Gasteiger partial charge in [-0.15, -0.1) is 0 Å². The number of nitrogens with zero attached hydrogens (tertiary/aromatic N) is 1. The second-order valence-corrected chi connectivity index (χ2v) is 7.69. The number of benzene rings is 2. The molecule has 0 bridgehead atoms. The summed E-state index contributed by atoms with van der Waals surface area (Å²) in [6, 6.07) is 14.9. The minimum absolute atomic E-state index is 0.000808. The molecule has 5 heteroatoms. The zero-order chi connectivity index (χ0) is 20.4. The maximum Gasteiger partial charge on any atom is 0.228 e. The largest absolute Gasteiger partial charge is 0.497 e. The van der Waals surface area contributed by atoms with Gasteiger partial charge in [-0.2, -0.15) is 0 Å². The van der Waals surface area contributed by atoms with Gasteiger partial charge in [0.05, 0.1) is 18.2 Å². The van der Waals surface area contributed by atoms with E-state index < -0.39 is 0 Å². The molecule has 1 aliphatic carbocycles. The highest BCUT2D eigenvalue weighted by Gasteiger charge is 2.24. The van der Waals surface area contributed by atoms with Crippen molar-refractivity contribution in [2.24, 2.45) is 13.0 Å². The molecule has 150 valence electrons. The van der Waals surface area contributed by atoms with Gasteiger partial charge < -0.3 is 14.6 Å². The Hall–Kier alpha value is -3.08. The third kappa shape index (κ3) is 3.65. The van der Waals surface area contributed by atoms with Crippen molar-refractivity contribution in [2.75, 3.05) is 12.4 Å². The summed E-state index contributed by atoms with van der Waals surface area (Å²) >= 11 is 0. The first-order valence-electron chi connectivity index (χ1n) is 10.2. The molecule has 5 nitrogen and oxygen atoms in total. The summed E-state index contributed by atoms with van der Waals surface area (Å²) in [5.41, 5.74) is 1.93. The normalized spacial score (nSPS) is 14.7. The molecule has 0 radical (unpaired) electrons. The van der Waals surface area contributed by atoms with Crippen molar-refractivity contribution in [3.8, 4) is 16.9 Å². The number of para-hydroxylation sites is 1. The van der Waals surface area contributed by atoms with Crippen molar-refractivity contribution in [2.45, 2.75) is 32.1 Å². The minimum atomic E-state index is -0.0918. The summed E-state index contributed by atoms with van der Waals surface area (Å²) in [6.45, 7) is 0. The van der Waals surface area contributed by atoms with E-state index >= 15 is 0 Å². The highest BCUT2D eigenvalue weighted by molar-refractivity contribution is 5.99. The van der Waals surface area contributed by atoms with Gasteiger partial charge >= 0.3 is 0 Å². The fourth-order valence-corrected chi connectivity index (χ4v) is 4.26. The van der Waals surface area contributed by atoms with Crippen molar-refractivity contribution >= 4 is 22.6 Å². The van der Waals surface area contributed by atoms with Gasteiger partial charge in [-0.3, -0.25) is 9.59 Å². The number of aromatic nitrogens is 1. The van der Waals surface area contributed by atoms with Crippen LogP contribution in [-0.4, -0.2) is 17.6 Å². The first-order valence-corrected chi connectivity index (χ1v) is 10.2. The fourth-order valence-electron chi connectivity index (χ4n) is 4.26. The molecule has 29 heavy (non-hydrogen) atoms. The maximum absolute atomic E-state index is 13.5. The Morgan fingerprint density at radius 3 is 2.59 bits per heavy atom. The van der Waals surface area contributed by atoms with Crippen LogP contribution in [0.5, 0.6) is 5.75 Å². The molecule has 1 saturated carbocycles.